The van der Waals surface area contributed by atoms with E-state index >= 15 is 0 Å². The van der Waals surface area contributed by atoms with Crippen molar-refractivity contribution in [2.75, 3.05) is 13.2 Å². The Labute approximate surface area is 132 Å². The number of rotatable bonds is 8. The van der Waals surface area contributed by atoms with Crippen LogP contribution in [-0.4, -0.2) is 19.2 Å². The van der Waals surface area contributed by atoms with Crippen LogP contribution in [0.15, 0.2) is 28.7 Å². The van der Waals surface area contributed by atoms with Crippen LogP contribution in [0.5, 0.6) is 5.75 Å². The lowest BCUT2D eigenvalue weighted by atomic mass is 9.76. The van der Waals surface area contributed by atoms with Crippen molar-refractivity contribution in [2.45, 2.75) is 47.1 Å². The van der Waals surface area contributed by atoms with Gasteiger partial charge in [-0.1, -0.05) is 56.6 Å². The molecular weight excluding hydrogens is 314 g/mol. The molecule has 0 spiro atoms. The van der Waals surface area contributed by atoms with Gasteiger partial charge in [-0.2, -0.15) is 0 Å². The second kappa shape index (κ2) is 8.04. The number of ether oxygens (including phenoxy) is 1. The Bertz CT molecular complexity index is 406. The van der Waals surface area contributed by atoms with Crippen LogP contribution in [0.1, 0.15) is 41.0 Å². The molecule has 0 fully saturated rings. The topological polar surface area (TPSA) is 21.3 Å². The highest BCUT2D eigenvalue weighted by Crippen LogP contribution is 2.31. The maximum absolute atomic E-state index is 5.88. The van der Waals surface area contributed by atoms with Crippen LogP contribution < -0.4 is 10.1 Å². The predicted molar refractivity (Wildman–Crippen MR) is 90.3 cm³/mol. The largest absolute Gasteiger partial charge is 0.494 e. The Morgan fingerprint density at radius 2 is 1.95 bits per heavy atom. The van der Waals surface area contributed by atoms with E-state index in [2.05, 4.69) is 55.9 Å². The summed E-state index contributed by atoms with van der Waals surface area (Å²) in [5.41, 5.74) is 0.260. The fourth-order valence-electron chi connectivity index (χ4n) is 1.98. The standard InChI is InChI=1S/C17H28BrNO/c1-13(2)17(5,12-19-14(3)4)9-10-20-16-8-6-7-15(18)11-16/h6-8,11,13-14,19H,9-10,12H2,1-5H3. The SMILES string of the molecule is CC(C)NCC(C)(CCOc1cccc(Br)c1)C(C)C. The average molecular weight is 342 g/mol. The van der Waals surface area contributed by atoms with Gasteiger partial charge in [0, 0.05) is 17.1 Å². The van der Waals surface area contributed by atoms with Crippen LogP contribution in [0.4, 0.5) is 0 Å². The van der Waals surface area contributed by atoms with Crippen LogP contribution in [0.25, 0.3) is 0 Å². The van der Waals surface area contributed by atoms with Crippen molar-refractivity contribution in [2.24, 2.45) is 11.3 Å². The molecule has 1 aromatic carbocycles. The van der Waals surface area contributed by atoms with E-state index in [0.717, 1.165) is 29.8 Å². The van der Waals surface area contributed by atoms with Gasteiger partial charge in [-0.25, -0.2) is 0 Å². The minimum absolute atomic E-state index is 0.260. The van der Waals surface area contributed by atoms with Gasteiger partial charge in [0.1, 0.15) is 5.75 Å². The number of hydrogen-bond donors (Lipinski definition) is 1. The van der Waals surface area contributed by atoms with E-state index in [1.165, 1.54) is 0 Å². The molecule has 1 atom stereocenters. The minimum atomic E-state index is 0.260. The molecule has 0 aliphatic carbocycles. The van der Waals surface area contributed by atoms with Crippen LogP contribution in [0, 0.1) is 11.3 Å². The first-order valence-corrected chi connectivity index (χ1v) is 8.24. The molecule has 0 aromatic heterocycles. The Morgan fingerprint density at radius 1 is 1.25 bits per heavy atom. The third-order valence-corrected chi connectivity index (χ3v) is 4.54. The second-order valence-corrected chi connectivity index (χ2v) is 7.32. The Morgan fingerprint density at radius 3 is 2.50 bits per heavy atom. The summed E-state index contributed by atoms with van der Waals surface area (Å²) in [5, 5.41) is 3.56. The molecule has 0 amide bonds. The summed E-state index contributed by atoms with van der Waals surface area (Å²) in [6.45, 7) is 13.1. The maximum Gasteiger partial charge on any atom is 0.120 e. The first-order valence-electron chi connectivity index (χ1n) is 7.45. The monoisotopic (exact) mass is 341 g/mol. The predicted octanol–water partition coefficient (Wildman–Crippen LogP) is 4.88. The van der Waals surface area contributed by atoms with Crippen LogP contribution in [-0.2, 0) is 0 Å². The van der Waals surface area contributed by atoms with Gasteiger partial charge in [0.15, 0.2) is 0 Å². The summed E-state index contributed by atoms with van der Waals surface area (Å²) in [6.07, 6.45) is 1.05. The zero-order valence-electron chi connectivity index (χ0n) is 13.4. The molecule has 2 nitrogen and oxygen atoms in total. The molecule has 1 N–H and O–H groups in total. The van der Waals surface area contributed by atoms with Gasteiger partial charge in [0.05, 0.1) is 6.61 Å². The van der Waals surface area contributed by atoms with E-state index in [1.54, 1.807) is 0 Å². The molecule has 1 unspecified atom stereocenters. The highest BCUT2D eigenvalue weighted by molar-refractivity contribution is 9.10. The Kier molecular flexibility index (Phi) is 7.04. The molecule has 0 aliphatic rings. The van der Waals surface area contributed by atoms with E-state index in [0.29, 0.717) is 12.0 Å². The van der Waals surface area contributed by atoms with Crippen molar-refractivity contribution in [1.82, 2.24) is 5.32 Å². The summed E-state index contributed by atoms with van der Waals surface area (Å²) >= 11 is 3.47. The van der Waals surface area contributed by atoms with Gasteiger partial charge in [0.2, 0.25) is 0 Å². The van der Waals surface area contributed by atoms with Crippen molar-refractivity contribution in [3.8, 4) is 5.75 Å². The molecule has 114 valence electrons. The van der Waals surface area contributed by atoms with E-state index < -0.39 is 0 Å². The molecule has 0 heterocycles. The number of nitrogens with one attached hydrogen (secondary N) is 1. The second-order valence-electron chi connectivity index (χ2n) is 6.40. The third kappa shape index (κ3) is 5.84. The number of halogens is 1. The van der Waals surface area contributed by atoms with Gasteiger partial charge < -0.3 is 10.1 Å². The summed E-state index contributed by atoms with van der Waals surface area (Å²) in [4.78, 5) is 0. The quantitative estimate of drug-likeness (QED) is 0.727. The molecule has 1 aromatic rings. The Balaban J connectivity index is 2.50. The van der Waals surface area contributed by atoms with Gasteiger partial charge in [-0.05, 0) is 36.0 Å². The average Bonchev–Trinajstić information content (AvgIpc) is 2.36. The summed E-state index contributed by atoms with van der Waals surface area (Å²) in [6, 6.07) is 8.56. The van der Waals surface area contributed by atoms with Crippen molar-refractivity contribution in [3.63, 3.8) is 0 Å². The van der Waals surface area contributed by atoms with Crippen LogP contribution in [0.2, 0.25) is 0 Å². The van der Waals surface area contributed by atoms with Crippen LogP contribution >= 0.6 is 15.9 Å². The molecule has 20 heavy (non-hydrogen) atoms. The molecule has 0 aliphatic heterocycles. The van der Waals surface area contributed by atoms with E-state index in [9.17, 15) is 0 Å². The van der Waals surface area contributed by atoms with Crippen molar-refractivity contribution in [3.05, 3.63) is 28.7 Å². The van der Waals surface area contributed by atoms with Gasteiger partial charge in [-0.3, -0.25) is 0 Å². The molecule has 0 radical (unpaired) electrons. The van der Waals surface area contributed by atoms with Crippen molar-refractivity contribution in [1.29, 1.82) is 0 Å². The highest BCUT2D eigenvalue weighted by Gasteiger charge is 2.28. The summed E-state index contributed by atoms with van der Waals surface area (Å²) < 4.78 is 6.94. The first kappa shape index (κ1) is 17.5. The summed E-state index contributed by atoms with van der Waals surface area (Å²) in [7, 11) is 0. The zero-order chi connectivity index (χ0) is 15.2. The number of hydrogen-bond acceptors (Lipinski definition) is 2. The number of benzene rings is 1. The van der Waals surface area contributed by atoms with Crippen molar-refractivity contribution < 1.29 is 4.74 Å². The van der Waals surface area contributed by atoms with E-state index in [1.807, 2.05) is 24.3 Å². The normalized spacial score (nSPS) is 14.6. The molecular formula is C17H28BrNO. The van der Waals surface area contributed by atoms with E-state index in [-0.39, 0.29) is 5.41 Å². The third-order valence-electron chi connectivity index (χ3n) is 4.05. The molecule has 0 bridgehead atoms. The molecule has 1 rings (SSSR count). The maximum atomic E-state index is 5.88. The fraction of sp³-hybridized carbons (Fsp3) is 0.647. The highest BCUT2D eigenvalue weighted by atomic mass is 79.9. The zero-order valence-corrected chi connectivity index (χ0v) is 15.0. The van der Waals surface area contributed by atoms with Gasteiger partial charge in [-0.15, -0.1) is 0 Å². The fourth-order valence-corrected chi connectivity index (χ4v) is 2.36. The van der Waals surface area contributed by atoms with E-state index in [4.69, 9.17) is 4.74 Å². The molecule has 0 saturated carbocycles. The Hall–Kier alpha value is -0.540. The molecule has 0 saturated heterocycles. The smallest absolute Gasteiger partial charge is 0.120 e. The van der Waals surface area contributed by atoms with Gasteiger partial charge in [0.25, 0.3) is 0 Å². The first-order chi connectivity index (χ1) is 9.33. The minimum Gasteiger partial charge on any atom is -0.494 e. The van der Waals surface area contributed by atoms with Crippen LogP contribution in [0.3, 0.4) is 0 Å². The van der Waals surface area contributed by atoms with Crippen molar-refractivity contribution >= 4 is 15.9 Å². The lowest BCUT2D eigenvalue weighted by molar-refractivity contribution is 0.147. The molecule has 3 heteroatoms. The van der Waals surface area contributed by atoms with Gasteiger partial charge >= 0.3 is 0 Å². The lowest BCUT2D eigenvalue weighted by Gasteiger charge is -2.35. The summed E-state index contributed by atoms with van der Waals surface area (Å²) in [5.74, 6) is 1.56. The lowest BCUT2D eigenvalue weighted by Crippen LogP contribution is -2.40.